The molecule has 26 heavy (non-hydrogen) atoms. The fraction of sp³-hybridized carbons (Fsp3) is 0.450. The van der Waals surface area contributed by atoms with Crippen molar-refractivity contribution in [3.8, 4) is 0 Å². The fourth-order valence-corrected chi connectivity index (χ4v) is 3.50. The number of nitrogens with zero attached hydrogens (tertiary/aromatic N) is 3. The van der Waals surface area contributed by atoms with Gasteiger partial charge in [0.15, 0.2) is 0 Å². The third-order valence-electron chi connectivity index (χ3n) is 4.99. The highest BCUT2D eigenvalue weighted by Crippen LogP contribution is 2.27. The lowest BCUT2D eigenvalue weighted by Crippen LogP contribution is -2.36. The van der Waals surface area contributed by atoms with E-state index < -0.39 is 0 Å². The second-order valence-corrected chi connectivity index (χ2v) is 6.94. The van der Waals surface area contributed by atoms with Crippen LogP contribution in [0.2, 0.25) is 0 Å². The Labute approximate surface area is 154 Å². The van der Waals surface area contributed by atoms with Crippen molar-refractivity contribution in [1.82, 2.24) is 15.3 Å². The standard InChI is InChI=1S/C20H26N4O2/c1-14-4-5-15(2)16(8-14)9-23-20(25)18-12-24(11-17(18)13-26-3)19-10-21-6-7-22-19/h4-8,10,17-18H,9,11-13H2,1-3H3,(H,23,25)/t17-,18+/m0/s1. The van der Waals surface area contributed by atoms with Crippen molar-refractivity contribution in [1.29, 1.82) is 0 Å². The van der Waals surface area contributed by atoms with Gasteiger partial charge in [0.1, 0.15) is 5.82 Å². The predicted octanol–water partition coefficient (Wildman–Crippen LogP) is 2.11. The topological polar surface area (TPSA) is 67.3 Å². The number of nitrogens with one attached hydrogen (secondary N) is 1. The van der Waals surface area contributed by atoms with E-state index in [2.05, 4.69) is 52.2 Å². The number of ether oxygens (including phenoxy) is 1. The molecule has 0 spiro atoms. The lowest BCUT2D eigenvalue weighted by atomic mass is 9.96. The number of aryl methyl sites for hydroxylation is 2. The Hall–Kier alpha value is -2.47. The average molecular weight is 354 g/mol. The molecule has 1 fully saturated rings. The molecule has 1 amide bonds. The molecule has 0 aliphatic carbocycles. The van der Waals surface area contributed by atoms with Crippen LogP contribution in [0.4, 0.5) is 5.82 Å². The maximum atomic E-state index is 12.8. The molecule has 3 rings (SSSR count). The summed E-state index contributed by atoms with van der Waals surface area (Å²) in [7, 11) is 1.68. The molecule has 1 N–H and O–H groups in total. The summed E-state index contributed by atoms with van der Waals surface area (Å²) in [6.45, 7) is 6.61. The molecule has 138 valence electrons. The van der Waals surface area contributed by atoms with Gasteiger partial charge in [0.25, 0.3) is 0 Å². The second kappa shape index (κ2) is 8.27. The Morgan fingerprint density at radius 3 is 2.88 bits per heavy atom. The van der Waals surface area contributed by atoms with Crippen LogP contribution in [0.3, 0.4) is 0 Å². The first-order chi connectivity index (χ1) is 12.6. The molecule has 2 atom stereocenters. The number of methoxy groups -OCH3 is 1. The van der Waals surface area contributed by atoms with E-state index in [1.807, 2.05) is 0 Å². The summed E-state index contributed by atoms with van der Waals surface area (Å²) in [6.07, 6.45) is 5.06. The summed E-state index contributed by atoms with van der Waals surface area (Å²) >= 11 is 0. The molecule has 1 aliphatic heterocycles. The smallest absolute Gasteiger partial charge is 0.225 e. The highest BCUT2D eigenvalue weighted by Gasteiger charge is 2.38. The van der Waals surface area contributed by atoms with E-state index >= 15 is 0 Å². The number of benzene rings is 1. The van der Waals surface area contributed by atoms with E-state index in [1.54, 1.807) is 25.7 Å². The molecule has 1 aromatic carbocycles. The zero-order valence-electron chi connectivity index (χ0n) is 15.6. The Morgan fingerprint density at radius 2 is 2.15 bits per heavy atom. The molecule has 1 aliphatic rings. The first kappa shape index (κ1) is 18.3. The van der Waals surface area contributed by atoms with Crippen LogP contribution in [0.15, 0.2) is 36.8 Å². The zero-order valence-corrected chi connectivity index (χ0v) is 15.6. The van der Waals surface area contributed by atoms with Crippen molar-refractivity contribution < 1.29 is 9.53 Å². The van der Waals surface area contributed by atoms with Gasteiger partial charge in [0.2, 0.25) is 5.91 Å². The molecule has 2 heterocycles. The molecule has 2 aromatic rings. The number of aromatic nitrogens is 2. The number of carbonyl (C=O) groups is 1. The normalized spacial score (nSPS) is 19.6. The summed E-state index contributed by atoms with van der Waals surface area (Å²) in [6, 6.07) is 6.31. The molecular weight excluding hydrogens is 328 g/mol. The van der Waals surface area contributed by atoms with Crippen molar-refractivity contribution in [2.45, 2.75) is 20.4 Å². The summed E-state index contributed by atoms with van der Waals surface area (Å²) < 4.78 is 5.35. The summed E-state index contributed by atoms with van der Waals surface area (Å²) in [5.74, 6) is 0.889. The van der Waals surface area contributed by atoms with Crippen LogP contribution in [0.5, 0.6) is 0 Å². The zero-order chi connectivity index (χ0) is 18.5. The van der Waals surface area contributed by atoms with Gasteiger partial charge in [-0.15, -0.1) is 0 Å². The molecule has 0 saturated carbocycles. The minimum Gasteiger partial charge on any atom is -0.384 e. The minimum atomic E-state index is -0.123. The molecule has 0 radical (unpaired) electrons. The number of carbonyl (C=O) groups excluding carboxylic acids is 1. The lowest BCUT2D eigenvalue weighted by Gasteiger charge is -2.17. The van der Waals surface area contributed by atoms with Gasteiger partial charge in [-0.3, -0.25) is 9.78 Å². The van der Waals surface area contributed by atoms with Gasteiger partial charge in [-0.2, -0.15) is 0 Å². The van der Waals surface area contributed by atoms with Crippen molar-refractivity contribution in [2.75, 3.05) is 31.7 Å². The molecule has 6 nitrogen and oxygen atoms in total. The van der Waals surface area contributed by atoms with Crippen LogP contribution in [0.1, 0.15) is 16.7 Å². The van der Waals surface area contributed by atoms with Gasteiger partial charge in [0, 0.05) is 45.1 Å². The van der Waals surface area contributed by atoms with E-state index in [9.17, 15) is 4.79 Å². The van der Waals surface area contributed by atoms with E-state index in [-0.39, 0.29) is 17.7 Å². The maximum Gasteiger partial charge on any atom is 0.225 e. The van der Waals surface area contributed by atoms with Crippen LogP contribution in [0, 0.1) is 25.7 Å². The van der Waals surface area contributed by atoms with Crippen LogP contribution in [-0.2, 0) is 16.1 Å². The van der Waals surface area contributed by atoms with E-state index in [0.29, 0.717) is 19.7 Å². The quantitative estimate of drug-likeness (QED) is 0.861. The number of anilines is 1. The molecular formula is C20H26N4O2. The van der Waals surface area contributed by atoms with Gasteiger partial charge in [-0.05, 0) is 25.0 Å². The number of hydrogen-bond acceptors (Lipinski definition) is 5. The molecule has 6 heteroatoms. The Balaban J connectivity index is 1.67. The van der Waals surface area contributed by atoms with E-state index in [4.69, 9.17) is 4.74 Å². The number of amides is 1. The minimum absolute atomic E-state index is 0.0688. The fourth-order valence-electron chi connectivity index (χ4n) is 3.50. The third-order valence-corrected chi connectivity index (χ3v) is 4.99. The lowest BCUT2D eigenvalue weighted by molar-refractivity contribution is -0.126. The van der Waals surface area contributed by atoms with E-state index in [1.165, 1.54) is 11.1 Å². The Kier molecular flexibility index (Phi) is 5.83. The summed E-state index contributed by atoms with van der Waals surface area (Å²) in [5.41, 5.74) is 3.55. The first-order valence-corrected chi connectivity index (χ1v) is 8.92. The SMILES string of the molecule is COC[C@@H]1CN(c2cnccn2)C[C@H]1C(=O)NCc1cc(C)ccc1C. The summed E-state index contributed by atoms with van der Waals surface area (Å²) in [5, 5.41) is 3.11. The molecule has 1 saturated heterocycles. The van der Waals surface area contributed by atoms with Crippen molar-refractivity contribution in [2.24, 2.45) is 11.8 Å². The van der Waals surface area contributed by atoms with Crippen molar-refractivity contribution >= 4 is 11.7 Å². The third kappa shape index (κ3) is 4.19. The van der Waals surface area contributed by atoms with Crippen LogP contribution >= 0.6 is 0 Å². The summed E-state index contributed by atoms with van der Waals surface area (Å²) in [4.78, 5) is 23.4. The largest absolute Gasteiger partial charge is 0.384 e. The van der Waals surface area contributed by atoms with Crippen LogP contribution < -0.4 is 10.2 Å². The van der Waals surface area contributed by atoms with Gasteiger partial charge in [-0.25, -0.2) is 4.98 Å². The van der Waals surface area contributed by atoms with Gasteiger partial charge < -0.3 is 15.0 Å². The van der Waals surface area contributed by atoms with Gasteiger partial charge in [-0.1, -0.05) is 23.8 Å². The van der Waals surface area contributed by atoms with Crippen LogP contribution in [-0.4, -0.2) is 42.7 Å². The average Bonchev–Trinajstić information content (AvgIpc) is 3.07. The van der Waals surface area contributed by atoms with E-state index in [0.717, 1.165) is 17.9 Å². The van der Waals surface area contributed by atoms with Gasteiger partial charge >= 0.3 is 0 Å². The predicted molar refractivity (Wildman–Crippen MR) is 101 cm³/mol. The van der Waals surface area contributed by atoms with Crippen molar-refractivity contribution in [3.05, 3.63) is 53.5 Å². The number of hydrogen-bond donors (Lipinski definition) is 1. The van der Waals surface area contributed by atoms with Crippen LogP contribution in [0.25, 0.3) is 0 Å². The van der Waals surface area contributed by atoms with Crippen molar-refractivity contribution in [3.63, 3.8) is 0 Å². The molecule has 0 unspecified atom stereocenters. The highest BCUT2D eigenvalue weighted by atomic mass is 16.5. The Morgan fingerprint density at radius 1 is 1.31 bits per heavy atom. The molecule has 1 aromatic heterocycles. The second-order valence-electron chi connectivity index (χ2n) is 6.94. The first-order valence-electron chi connectivity index (χ1n) is 8.92. The highest BCUT2D eigenvalue weighted by molar-refractivity contribution is 5.80. The monoisotopic (exact) mass is 354 g/mol. The maximum absolute atomic E-state index is 12.8. The Bertz CT molecular complexity index is 751. The molecule has 0 bridgehead atoms. The van der Waals surface area contributed by atoms with Gasteiger partial charge in [0.05, 0.1) is 18.7 Å². The number of rotatable bonds is 6.